The molecule has 0 saturated heterocycles. The van der Waals surface area contributed by atoms with Gasteiger partial charge in [-0.25, -0.2) is 0 Å². The SMILES string of the molecule is [S-][p+]1cccc2c3ccccc3ccc21. The largest absolute Gasteiger partial charge is 0.487 e. The van der Waals surface area contributed by atoms with Crippen LogP contribution in [0.4, 0.5) is 0 Å². The summed E-state index contributed by atoms with van der Waals surface area (Å²) in [6.07, 6.45) is 0. The van der Waals surface area contributed by atoms with Gasteiger partial charge in [-0.15, -0.1) is 0 Å². The highest BCUT2D eigenvalue weighted by atomic mass is 32.7. The van der Waals surface area contributed by atoms with Gasteiger partial charge >= 0.3 is 0 Å². The Bertz CT molecular complexity index is 646. The predicted octanol–water partition coefficient (Wildman–Crippen LogP) is 4.57. The lowest BCUT2D eigenvalue weighted by Crippen LogP contribution is -1.75. The Kier molecular flexibility index (Phi) is 2.16. The summed E-state index contributed by atoms with van der Waals surface area (Å²) in [6.45, 7) is -0.509. The molecule has 0 fully saturated rings. The van der Waals surface area contributed by atoms with E-state index in [9.17, 15) is 0 Å². The van der Waals surface area contributed by atoms with E-state index < -0.39 is 6.74 Å². The second kappa shape index (κ2) is 3.52. The summed E-state index contributed by atoms with van der Waals surface area (Å²) in [6, 6.07) is 17.1. The third kappa shape index (κ3) is 1.43. The molecule has 1 heterocycles. The van der Waals surface area contributed by atoms with E-state index in [1.54, 1.807) is 0 Å². The lowest BCUT2D eigenvalue weighted by molar-refractivity contribution is 1.81. The second-order valence-corrected chi connectivity index (χ2v) is 6.17. The van der Waals surface area contributed by atoms with E-state index in [1.165, 1.54) is 21.3 Å². The first-order chi connectivity index (χ1) is 7.36. The first kappa shape index (κ1) is 9.21. The molecule has 0 spiro atoms. The van der Waals surface area contributed by atoms with Crippen molar-refractivity contribution >= 4 is 40.3 Å². The zero-order chi connectivity index (χ0) is 10.3. The lowest BCUT2D eigenvalue weighted by Gasteiger charge is -2.02. The van der Waals surface area contributed by atoms with Gasteiger partial charge in [-0.3, -0.25) is 0 Å². The smallest absolute Gasteiger partial charge is 0.134 e. The average molecular weight is 228 g/mol. The number of hydrogen-bond acceptors (Lipinski definition) is 1. The maximum Gasteiger partial charge on any atom is 0.134 e. The van der Waals surface area contributed by atoms with E-state index >= 15 is 0 Å². The molecule has 72 valence electrons. The van der Waals surface area contributed by atoms with Crippen molar-refractivity contribution in [3.05, 3.63) is 54.3 Å². The van der Waals surface area contributed by atoms with Crippen molar-refractivity contribution in [2.75, 3.05) is 0 Å². The van der Waals surface area contributed by atoms with Gasteiger partial charge in [-0.05, 0) is 35.7 Å². The fraction of sp³-hybridized carbons (Fsp3) is 0. The van der Waals surface area contributed by atoms with Crippen molar-refractivity contribution in [3.63, 3.8) is 0 Å². The van der Waals surface area contributed by atoms with Crippen LogP contribution in [0.3, 0.4) is 0 Å². The van der Waals surface area contributed by atoms with Crippen molar-refractivity contribution in [1.29, 1.82) is 0 Å². The Hall–Kier alpha value is -1.04. The van der Waals surface area contributed by atoms with Crippen molar-refractivity contribution in [2.24, 2.45) is 0 Å². The summed E-state index contributed by atoms with van der Waals surface area (Å²) in [4.78, 5) is 0. The fourth-order valence-corrected chi connectivity index (χ4v) is 3.69. The van der Waals surface area contributed by atoms with Crippen molar-refractivity contribution in [2.45, 2.75) is 0 Å². The van der Waals surface area contributed by atoms with Gasteiger partial charge < -0.3 is 12.2 Å². The van der Waals surface area contributed by atoms with E-state index in [4.69, 9.17) is 12.2 Å². The normalized spacial score (nSPS) is 12.2. The van der Waals surface area contributed by atoms with Crippen LogP contribution in [-0.2, 0) is 12.2 Å². The summed E-state index contributed by atoms with van der Waals surface area (Å²) in [5.41, 5.74) is 0. The summed E-state index contributed by atoms with van der Waals surface area (Å²) in [7, 11) is 0. The van der Waals surface area contributed by atoms with Crippen LogP contribution < -0.4 is 0 Å². The van der Waals surface area contributed by atoms with Crippen LogP contribution >= 0.6 is 6.74 Å². The van der Waals surface area contributed by atoms with Gasteiger partial charge in [0.25, 0.3) is 0 Å². The van der Waals surface area contributed by atoms with Gasteiger partial charge in [-0.2, -0.15) is 0 Å². The summed E-state index contributed by atoms with van der Waals surface area (Å²) in [5, 5.41) is 5.25. The second-order valence-electron chi connectivity index (χ2n) is 3.55. The molecule has 1 atom stereocenters. The molecular formula is C13H9PS. The molecular weight excluding hydrogens is 219 g/mol. The first-order valence-electron chi connectivity index (χ1n) is 4.86. The van der Waals surface area contributed by atoms with Crippen LogP contribution in [0.1, 0.15) is 0 Å². The van der Waals surface area contributed by atoms with Gasteiger partial charge in [0, 0.05) is 5.39 Å². The van der Waals surface area contributed by atoms with E-state index in [1.807, 2.05) is 0 Å². The summed E-state index contributed by atoms with van der Waals surface area (Å²) >= 11 is 5.46. The highest BCUT2D eigenvalue weighted by Crippen LogP contribution is 2.37. The third-order valence-corrected chi connectivity index (χ3v) is 4.93. The molecule has 0 aliphatic rings. The molecule has 0 N–H and O–H groups in total. The number of hydrogen-bond donors (Lipinski definition) is 0. The first-order valence-corrected chi connectivity index (χ1v) is 7.28. The molecule has 3 rings (SSSR count). The fourth-order valence-electron chi connectivity index (χ4n) is 1.95. The van der Waals surface area contributed by atoms with Crippen molar-refractivity contribution in [3.8, 4) is 0 Å². The molecule has 0 aliphatic heterocycles. The molecule has 15 heavy (non-hydrogen) atoms. The van der Waals surface area contributed by atoms with E-state index in [2.05, 4.69) is 54.3 Å². The standard InChI is InChI=1S/C13H9PS/c15-14-9-3-6-12-11-5-2-1-4-10(11)7-8-13(12)14/h1-9H. The Morgan fingerprint density at radius 2 is 1.60 bits per heavy atom. The van der Waals surface area contributed by atoms with E-state index in [0.29, 0.717) is 0 Å². The zero-order valence-corrected chi connectivity index (χ0v) is 9.76. The molecule has 1 unspecified atom stereocenters. The minimum Gasteiger partial charge on any atom is -0.487 e. The van der Waals surface area contributed by atoms with Crippen molar-refractivity contribution in [1.82, 2.24) is 0 Å². The lowest BCUT2D eigenvalue weighted by atomic mass is 10.1. The van der Waals surface area contributed by atoms with Gasteiger partial charge in [0.2, 0.25) is 0 Å². The number of fused-ring (bicyclic) bond motifs is 3. The van der Waals surface area contributed by atoms with Crippen LogP contribution in [0.5, 0.6) is 0 Å². The molecule has 0 aliphatic carbocycles. The molecule has 2 heteroatoms. The molecule has 2 aromatic carbocycles. The minimum absolute atomic E-state index is 0.509. The Morgan fingerprint density at radius 3 is 2.53 bits per heavy atom. The average Bonchev–Trinajstić information content (AvgIpc) is 2.29. The topological polar surface area (TPSA) is 0 Å². The molecule has 0 amide bonds. The predicted molar refractivity (Wildman–Crippen MR) is 71.3 cm³/mol. The van der Waals surface area contributed by atoms with Crippen molar-refractivity contribution < 1.29 is 0 Å². The van der Waals surface area contributed by atoms with E-state index in [0.717, 1.165) is 0 Å². The van der Waals surface area contributed by atoms with Crippen LogP contribution in [0.2, 0.25) is 0 Å². The Morgan fingerprint density at radius 1 is 0.800 bits per heavy atom. The van der Waals surface area contributed by atoms with Gasteiger partial charge in [-0.1, -0.05) is 30.3 Å². The minimum atomic E-state index is -0.509. The molecule has 0 radical (unpaired) electrons. The van der Waals surface area contributed by atoms with Gasteiger partial charge in [0.15, 0.2) is 0 Å². The van der Waals surface area contributed by atoms with Crippen LogP contribution in [0, 0.1) is 0 Å². The summed E-state index contributed by atoms with van der Waals surface area (Å²) in [5.74, 6) is 2.13. The third-order valence-electron chi connectivity index (χ3n) is 2.67. The molecule has 0 saturated carbocycles. The highest BCUT2D eigenvalue weighted by molar-refractivity contribution is 8.31. The molecule has 3 aromatic rings. The maximum absolute atomic E-state index is 5.46. The van der Waals surface area contributed by atoms with E-state index in [-0.39, 0.29) is 0 Å². The molecule has 0 bridgehead atoms. The van der Waals surface area contributed by atoms with Crippen LogP contribution in [-0.4, -0.2) is 0 Å². The van der Waals surface area contributed by atoms with Crippen LogP contribution in [0.15, 0.2) is 54.3 Å². The van der Waals surface area contributed by atoms with Gasteiger partial charge in [0.05, 0.1) is 5.80 Å². The maximum atomic E-state index is 5.46. The molecule has 0 nitrogen and oxygen atoms in total. The number of rotatable bonds is 0. The Labute approximate surface area is 94.8 Å². The monoisotopic (exact) mass is 228 g/mol. The quantitative estimate of drug-likeness (QED) is 0.401. The zero-order valence-electron chi connectivity index (χ0n) is 8.05. The number of benzene rings is 2. The van der Waals surface area contributed by atoms with Crippen LogP contribution in [0.25, 0.3) is 21.3 Å². The Balaban J connectivity index is 2.60. The molecule has 1 aromatic heterocycles. The summed E-state index contributed by atoms with van der Waals surface area (Å²) < 4.78 is 0. The highest BCUT2D eigenvalue weighted by Gasteiger charge is 2.04. The van der Waals surface area contributed by atoms with Gasteiger partial charge in [0.1, 0.15) is 5.12 Å².